The average Bonchev–Trinajstić information content (AvgIpc) is 3.37. The molecule has 0 radical (unpaired) electrons. The molecule has 0 N–H and O–H groups in total. The Labute approximate surface area is 213 Å². The summed E-state index contributed by atoms with van der Waals surface area (Å²) >= 11 is -1.65. The van der Waals surface area contributed by atoms with Crippen LogP contribution in [0.4, 0.5) is 0 Å². The smallest absolute Gasteiger partial charge is 1.00 e. The summed E-state index contributed by atoms with van der Waals surface area (Å²) in [6.45, 7) is 14.0. The average molecular weight is 503 g/mol. The van der Waals surface area contributed by atoms with Crippen LogP contribution < -0.4 is 24.8 Å². The molecule has 4 rings (SSSR count). The largest absolute Gasteiger partial charge is 1.00 e. The summed E-state index contributed by atoms with van der Waals surface area (Å²) in [7, 11) is 0. The minimum atomic E-state index is -1.65. The minimum absolute atomic E-state index is 0. The number of benzene rings is 2. The summed E-state index contributed by atoms with van der Waals surface area (Å²) < 4.78 is 4.23. The van der Waals surface area contributed by atoms with Crippen molar-refractivity contribution in [3.05, 3.63) is 80.8 Å². The molecule has 0 fully saturated rings. The Bertz CT molecular complexity index is 993. The Kier molecular flexibility index (Phi) is 9.80. The molecule has 0 atom stereocenters. The van der Waals surface area contributed by atoms with E-state index in [1.807, 2.05) is 3.81 Å². The molecule has 0 heterocycles. The maximum absolute atomic E-state index is 2.51. The van der Waals surface area contributed by atoms with Gasteiger partial charge >= 0.3 is 190 Å². The number of rotatable bonds is 6. The van der Waals surface area contributed by atoms with Crippen molar-refractivity contribution in [1.82, 2.24) is 0 Å². The molecule has 170 valence electrons. The van der Waals surface area contributed by atoms with E-state index in [2.05, 4.69) is 96.2 Å². The van der Waals surface area contributed by atoms with E-state index in [0.717, 1.165) is 0 Å². The van der Waals surface area contributed by atoms with Crippen LogP contribution >= 0.6 is 0 Å². The van der Waals surface area contributed by atoms with Gasteiger partial charge in [0.05, 0.1) is 0 Å². The van der Waals surface area contributed by atoms with Crippen LogP contribution in [0.15, 0.2) is 58.5 Å². The van der Waals surface area contributed by atoms with Gasteiger partial charge in [-0.2, -0.15) is 0 Å². The van der Waals surface area contributed by atoms with E-state index in [0.29, 0.717) is 16.1 Å². The second kappa shape index (κ2) is 11.5. The Morgan fingerprint density at radius 3 is 1.72 bits per heavy atom. The van der Waals surface area contributed by atoms with Gasteiger partial charge in [-0.25, -0.2) is 0 Å². The summed E-state index contributed by atoms with van der Waals surface area (Å²) in [6.07, 6.45) is 10.8. The predicted molar refractivity (Wildman–Crippen MR) is 129 cm³/mol. The number of hydrogen-bond acceptors (Lipinski definition) is 0. The van der Waals surface area contributed by atoms with Crippen LogP contribution in [0, 0.1) is 0 Å². The molecule has 0 unspecified atom stereocenters. The zero-order chi connectivity index (χ0) is 21.4. The van der Waals surface area contributed by atoms with Gasteiger partial charge in [0.25, 0.3) is 0 Å². The molecule has 0 amide bonds. The molecule has 0 saturated heterocycles. The third-order valence-corrected chi connectivity index (χ3v) is 12.9. The van der Waals surface area contributed by atoms with Gasteiger partial charge in [0.2, 0.25) is 0 Å². The van der Waals surface area contributed by atoms with Gasteiger partial charge in [0.15, 0.2) is 0 Å². The number of hydrogen-bond donors (Lipinski definition) is 0. The molecule has 32 heavy (non-hydrogen) atoms. The van der Waals surface area contributed by atoms with Crippen LogP contribution in [0.1, 0.15) is 99.1 Å². The minimum Gasteiger partial charge on any atom is -1.00 e. The van der Waals surface area contributed by atoms with Crippen molar-refractivity contribution in [3.8, 4) is 11.1 Å². The Morgan fingerprint density at radius 2 is 1.34 bits per heavy atom. The van der Waals surface area contributed by atoms with Gasteiger partial charge < -0.3 is 24.8 Å². The van der Waals surface area contributed by atoms with E-state index < -0.39 is 17.4 Å². The first kappa shape index (κ1) is 27.3. The SMILES string of the molecule is CC[C](CC)=[Ti+2]([C]1=CC=CC1)[CH]1c2ccc(C(C)C)cc2-c2cc(C(C)C)ccc21.[Cl-].[Cl-]. The number of fused-ring (bicyclic) bond motifs is 3. The molecule has 0 nitrogen and oxygen atoms in total. The van der Waals surface area contributed by atoms with E-state index in [1.165, 1.54) is 41.5 Å². The number of allylic oxidation sites excluding steroid dienone is 4. The van der Waals surface area contributed by atoms with E-state index in [4.69, 9.17) is 0 Å². The van der Waals surface area contributed by atoms with Crippen molar-refractivity contribution >= 4 is 3.81 Å². The van der Waals surface area contributed by atoms with Gasteiger partial charge in [0.1, 0.15) is 0 Å². The number of halogens is 2. The Balaban J connectivity index is 0.00000181. The van der Waals surface area contributed by atoms with Crippen LogP contribution in [0.5, 0.6) is 0 Å². The first-order valence-electron chi connectivity index (χ1n) is 11.8. The molecule has 0 bridgehead atoms. The Morgan fingerprint density at radius 1 is 0.844 bits per heavy atom. The maximum Gasteiger partial charge on any atom is -1.00 e. The third-order valence-electron chi connectivity index (χ3n) is 7.04. The molecule has 0 spiro atoms. The molecule has 2 aromatic carbocycles. The van der Waals surface area contributed by atoms with Crippen LogP contribution in [0.2, 0.25) is 0 Å². The van der Waals surface area contributed by atoms with Crippen LogP contribution in [0.3, 0.4) is 0 Å². The predicted octanol–water partition coefficient (Wildman–Crippen LogP) is 2.47. The second-order valence-corrected chi connectivity index (χ2v) is 13.8. The molecular formula is C29H36Cl2Ti. The fourth-order valence-electron chi connectivity index (χ4n) is 5.21. The van der Waals surface area contributed by atoms with Gasteiger partial charge in [-0.05, 0) is 0 Å². The topological polar surface area (TPSA) is 0 Å². The fourth-order valence-corrected chi connectivity index (χ4v) is 11.0. The molecule has 0 aromatic heterocycles. The van der Waals surface area contributed by atoms with Crippen molar-refractivity contribution in [2.45, 2.75) is 76.9 Å². The van der Waals surface area contributed by atoms with Gasteiger partial charge in [-0.1, -0.05) is 0 Å². The zero-order valence-electron chi connectivity index (χ0n) is 20.3. The molecular weight excluding hydrogens is 467 g/mol. The summed E-state index contributed by atoms with van der Waals surface area (Å²) in [5, 5.41) is 0. The fraction of sp³-hybridized carbons (Fsp3) is 0.414. The van der Waals surface area contributed by atoms with Gasteiger partial charge in [0, 0.05) is 0 Å². The molecule has 0 saturated carbocycles. The summed E-state index contributed by atoms with van der Waals surface area (Å²) in [6, 6.07) is 14.8. The quantitative estimate of drug-likeness (QED) is 0.532. The van der Waals surface area contributed by atoms with E-state index in [9.17, 15) is 0 Å². The summed E-state index contributed by atoms with van der Waals surface area (Å²) in [5.74, 6) is 1.13. The van der Waals surface area contributed by atoms with E-state index in [1.54, 1.807) is 15.0 Å². The first-order chi connectivity index (χ1) is 14.5. The monoisotopic (exact) mass is 502 g/mol. The van der Waals surface area contributed by atoms with Crippen molar-refractivity contribution in [3.63, 3.8) is 0 Å². The van der Waals surface area contributed by atoms with Crippen molar-refractivity contribution in [2.24, 2.45) is 0 Å². The van der Waals surface area contributed by atoms with Crippen LogP contribution in [0.25, 0.3) is 11.1 Å². The zero-order valence-corrected chi connectivity index (χ0v) is 23.4. The molecule has 2 aliphatic carbocycles. The Hall–Kier alpha value is -0.916. The molecule has 3 heteroatoms. The van der Waals surface area contributed by atoms with E-state index in [-0.39, 0.29) is 24.8 Å². The molecule has 0 aliphatic heterocycles. The standard InChI is InChI=1S/C19H21.C5H5.C5H10.2ClH.Ti/c1-12(2)14-5-7-16-9-17-8-6-15(13(3)4)11-19(17)18(16)10-14;1-2-4-5-3-1;1-3-5-4-2;;;/h5-13H,1-4H3;1-3H,4H2;3-4H2,1-2H3;2*1H;/q;;;;;+2/p-2. The van der Waals surface area contributed by atoms with Crippen molar-refractivity contribution in [1.29, 1.82) is 0 Å². The summed E-state index contributed by atoms with van der Waals surface area (Å²) in [4.78, 5) is 0. The summed E-state index contributed by atoms with van der Waals surface area (Å²) in [5.41, 5.74) is 9.19. The van der Waals surface area contributed by atoms with E-state index >= 15 is 0 Å². The van der Waals surface area contributed by atoms with Crippen LogP contribution in [-0.2, 0) is 17.4 Å². The second-order valence-electron chi connectivity index (χ2n) is 9.48. The van der Waals surface area contributed by atoms with Gasteiger partial charge in [-0.15, -0.1) is 0 Å². The van der Waals surface area contributed by atoms with Crippen molar-refractivity contribution in [2.75, 3.05) is 0 Å². The molecule has 2 aromatic rings. The third kappa shape index (κ3) is 4.95. The maximum atomic E-state index is 2.51. The first-order valence-corrected chi connectivity index (χ1v) is 14.3. The molecule has 2 aliphatic rings. The normalized spacial score (nSPS) is 13.8. The van der Waals surface area contributed by atoms with Crippen LogP contribution in [-0.4, -0.2) is 3.81 Å². The van der Waals surface area contributed by atoms with Crippen molar-refractivity contribution < 1.29 is 42.2 Å². The van der Waals surface area contributed by atoms with Gasteiger partial charge in [-0.3, -0.25) is 0 Å².